The summed E-state index contributed by atoms with van der Waals surface area (Å²) < 4.78 is 7.67. The normalized spacial score (nSPS) is 18.4. The topological polar surface area (TPSA) is 39.1 Å². The number of nitrogens with one attached hydrogen (secondary N) is 1. The predicted molar refractivity (Wildman–Crippen MR) is 82.0 cm³/mol. The first kappa shape index (κ1) is 15.5. The average molecular weight is 279 g/mol. The van der Waals surface area contributed by atoms with Crippen LogP contribution < -0.4 is 5.32 Å². The molecule has 1 aromatic rings. The minimum absolute atomic E-state index is 0.434. The summed E-state index contributed by atoms with van der Waals surface area (Å²) in [6.07, 6.45) is 3.44. The average Bonchev–Trinajstić information content (AvgIpc) is 2.72. The van der Waals surface area contributed by atoms with E-state index >= 15 is 0 Å². The lowest BCUT2D eigenvalue weighted by Crippen LogP contribution is -2.23. The fourth-order valence-electron chi connectivity index (χ4n) is 3.26. The van der Waals surface area contributed by atoms with E-state index in [9.17, 15) is 0 Å². The maximum Gasteiger partial charge on any atom is 0.0644 e. The Morgan fingerprint density at radius 1 is 1.30 bits per heavy atom. The first-order chi connectivity index (χ1) is 9.67. The molecule has 1 atom stereocenters. The van der Waals surface area contributed by atoms with Crippen molar-refractivity contribution in [3.8, 4) is 0 Å². The van der Waals surface area contributed by atoms with Gasteiger partial charge in [-0.3, -0.25) is 4.68 Å². The van der Waals surface area contributed by atoms with Crippen molar-refractivity contribution in [1.82, 2.24) is 15.1 Å². The number of hydrogen-bond acceptors (Lipinski definition) is 3. The van der Waals surface area contributed by atoms with Crippen molar-refractivity contribution >= 4 is 0 Å². The van der Waals surface area contributed by atoms with Gasteiger partial charge in [0.2, 0.25) is 0 Å². The van der Waals surface area contributed by atoms with E-state index in [1.165, 1.54) is 17.0 Å². The monoisotopic (exact) mass is 279 g/mol. The SMILES string of the molecule is CCNC(CC)c1c(C)nn(CC2CCOCC2)c1C. The highest BCUT2D eigenvalue weighted by Crippen LogP contribution is 2.26. The van der Waals surface area contributed by atoms with Crippen molar-refractivity contribution in [3.63, 3.8) is 0 Å². The highest BCUT2D eigenvalue weighted by molar-refractivity contribution is 5.28. The Labute approximate surface area is 122 Å². The smallest absolute Gasteiger partial charge is 0.0644 e. The van der Waals surface area contributed by atoms with Crippen molar-refractivity contribution in [1.29, 1.82) is 0 Å². The molecule has 1 unspecified atom stereocenters. The number of aromatic nitrogens is 2. The van der Waals surface area contributed by atoms with Crippen LogP contribution in [0.2, 0.25) is 0 Å². The predicted octanol–water partition coefficient (Wildman–Crippen LogP) is 2.99. The number of ether oxygens (including phenoxy) is 1. The van der Waals surface area contributed by atoms with Gasteiger partial charge in [-0.2, -0.15) is 5.10 Å². The summed E-state index contributed by atoms with van der Waals surface area (Å²) in [6, 6.07) is 0.434. The van der Waals surface area contributed by atoms with Gasteiger partial charge >= 0.3 is 0 Å². The van der Waals surface area contributed by atoms with Gasteiger partial charge in [0.25, 0.3) is 0 Å². The Hall–Kier alpha value is -0.870. The summed E-state index contributed by atoms with van der Waals surface area (Å²) in [6.45, 7) is 12.6. The number of hydrogen-bond donors (Lipinski definition) is 1. The molecule has 4 heteroatoms. The second-order valence-electron chi connectivity index (χ2n) is 5.84. The van der Waals surface area contributed by atoms with Crippen LogP contribution in [0, 0.1) is 19.8 Å². The summed E-state index contributed by atoms with van der Waals surface area (Å²) in [5.41, 5.74) is 3.92. The lowest BCUT2D eigenvalue weighted by atomic mass is 9.99. The minimum Gasteiger partial charge on any atom is -0.381 e. The van der Waals surface area contributed by atoms with E-state index in [0.717, 1.165) is 45.6 Å². The highest BCUT2D eigenvalue weighted by Gasteiger charge is 2.21. The van der Waals surface area contributed by atoms with Gasteiger partial charge in [-0.25, -0.2) is 0 Å². The maximum absolute atomic E-state index is 5.44. The second-order valence-corrected chi connectivity index (χ2v) is 5.84. The molecule has 0 bridgehead atoms. The van der Waals surface area contributed by atoms with E-state index in [0.29, 0.717) is 12.0 Å². The molecule has 1 aliphatic rings. The lowest BCUT2D eigenvalue weighted by molar-refractivity contribution is 0.0599. The van der Waals surface area contributed by atoms with E-state index in [4.69, 9.17) is 9.84 Å². The Morgan fingerprint density at radius 3 is 2.60 bits per heavy atom. The molecular weight excluding hydrogens is 250 g/mol. The molecular formula is C16H29N3O. The molecule has 0 spiro atoms. The van der Waals surface area contributed by atoms with Crippen molar-refractivity contribution < 1.29 is 4.74 Å². The van der Waals surface area contributed by atoms with E-state index in [1.54, 1.807) is 0 Å². The summed E-state index contributed by atoms with van der Waals surface area (Å²) in [5, 5.41) is 8.37. The number of aryl methyl sites for hydroxylation is 1. The Balaban J connectivity index is 2.14. The molecule has 0 saturated carbocycles. The molecule has 20 heavy (non-hydrogen) atoms. The van der Waals surface area contributed by atoms with Crippen molar-refractivity contribution in [2.24, 2.45) is 5.92 Å². The van der Waals surface area contributed by atoms with Crippen LogP contribution in [0.5, 0.6) is 0 Å². The zero-order valence-electron chi connectivity index (χ0n) is 13.4. The van der Waals surface area contributed by atoms with E-state index in [1.807, 2.05) is 0 Å². The first-order valence-corrected chi connectivity index (χ1v) is 8.02. The number of nitrogens with zero attached hydrogens (tertiary/aromatic N) is 2. The van der Waals surface area contributed by atoms with E-state index < -0.39 is 0 Å². The molecule has 2 rings (SSSR count). The molecule has 0 amide bonds. The Kier molecular flexibility index (Phi) is 5.61. The third-order valence-corrected chi connectivity index (χ3v) is 4.42. The van der Waals surface area contributed by atoms with Crippen LogP contribution in [0.1, 0.15) is 56.1 Å². The fourth-order valence-corrected chi connectivity index (χ4v) is 3.26. The summed E-state index contributed by atoms with van der Waals surface area (Å²) in [5.74, 6) is 0.716. The van der Waals surface area contributed by atoms with Crippen LogP contribution in [-0.2, 0) is 11.3 Å². The number of rotatable bonds is 6. The molecule has 1 fully saturated rings. The van der Waals surface area contributed by atoms with Crippen LogP contribution in [0.4, 0.5) is 0 Å². The van der Waals surface area contributed by atoms with Gasteiger partial charge in [-0.1, -0.05) is 13.8 Å². The van der Waals surface area contributed by atoms with Gasteiger partial charge in [-0.05, 0) is 45.6 Å². The third-order valence-electron chi connectivity index (χ3n) is 4.42. The summed E-state index contributed by atoms with van der Waals surface area (Å²) in [4.78, 5) is 0. The molecule has 4 nitrogen and oxygen atoms in total. The van der Waals surface area contributed by atoms with Gasteiger partial charge in [0, 0.05) is 37.1 Å². The van der Waals surface area contributed by atoms with Crippen LogP contribution >= 0.6 is 0 Å². The third kappa shape index (κ3) is 3.41. The Morgan fingerprint density at radius 2 is 2.00 bits per heavy atom. The molecule has 1 N–H and O–H groups in total. The largest absolute Gasteiger partial charge is 0.381 e. The maximum atomic E-state index is 5.44. The zero-order chi connectivity index (χ0) is 14.5. The highest BCUT2D eigenvalue weighted by atomic mass is 16.5. The van der Waals surface area contributed by atoms with Gasteiger partial charge in [0.05, 0.1) is 5.69 Å². The van der Waals surface area contributed by atoms with E-state index in [2.05, 4.69) is 37.7 Å². The summed E-state index contributed by atoms with van der Waals surface area (Å²) in [7, 11) is 0. The van der Waals surface area contributed by atoms with Crippen LogP contribution in [0.25, 0.3) is 0 Å². The standard InChI is InChI=1S/C16H29N3O/c1-5-15(17-6-2)16-12(3)18-19(13(16)4)11-14-7-9-20-10-8-14/h14-15,17H,5-11H2,1-4H3. The van der Waals surface area contributed by atoms with Crippen LogP contribution in [0.3, 0.4) is 0 Å². The van der Waals surface area contributed by atoms with Crippen LogP contribution in [-0.4, -0.2) is 29.5 Å². The molecule has 1 aliphatic heterocycles. The Bertz CT molecular complexity index is 422. The minimum atomic E-state index is 0.434. The molecule has 0 aromatic carbocycles. The van der Waals surface area contributed by atoms with Gasteiger partial charge < -0.3 is 10.1 Å². The van der Waals surface area contributed by atoms with E-state index in [-0.39, 0.29) is 0 Å². The first-order valence-electron chi connectivity index (χ1n) is 8.02. The summed E-state index contributed by atoms with van der Waals surface area (Å²) >= 11 is 0. The quantitative estimate of drug-likeness (QED) is 0.870. The van der Waals surface area contributed by atoms with Crippen molar-refractivity contribution in [2.45, 2.75) is 59.5 Å². The molecule has 1 aromatic heterocycles. The van der Waals surface area contributed by atoms with Crippen molar-refractivity contribution in [2.75, 3.05) is 19.8 Å². The van der Waals surface area contributed by atoms with Crippen LogP contribution in [0.15, 0.2) is 0 Å². The van der Waals surface area contributed by atoms with Gasteiger partial charge in [0.1, 0.15) is 0 Å². The van der Waals surface area contributed by atoms with Crippen molar-refractivity contribution in [3.05, 3.63) is 17.0 Å². The van der Waals surface area contributed by atoms with Gasteiger partial charge in [-0.15, -0.1) is 0 Å². The van der Waals surface area contributed by atoms with Gasteiger partial charge in [0.15, 0.2) is 0 Å². The lowest BCUT2D eigenvalue weighted by Gasteiger charge is -2.22. The molecule has 1 saturated heterocycles. The molecule has 114 valence electrons. The molecule has 0 radical (unpaired) electrons. The second kappa shape index (κ2) is 7.23. The molecule has 0 aliphatic carbocycles. The fraction of sp³-hybridized carbons (Fsp3) is 0.812. The zero-order valence-corrected chi connectivity index (χ0v) is 13.4. The molecule has 2 heterocycles.